The predicted octanol–water partition coefficient (Wildman–Crippen LogP) is 1.10. The average Bonchev–Trinajstić information content (AvgIpc) is 2.38. The van der Waals surface area contributed by atoms with Gasteiger partial charge >= 0.3 is 0 Å². The van der Waals surface area contributed by atoms with E-state index in [-0.39, 0.29) is 12.6 Å². The topological polar surface area (TPSA) is 97.8 Å². The van der Waals surface area contributed by atoms with Gasteiger partial charge in [-0.05, 0) is 19.9 Å². The van der Waals surface area contributed by atoms with Gasteiger partial charge in [0.15, 0.2) is 0 Å². The van der Waals surface area contributed by atoms with E-state index in [0.29, 0.717) is 5.69 Å². The number of hydrogen-bond donors (Lipinski definition) is 1. The minimum Gasteiger partial charge on any atom is -0.269 e. The Bertz CT molecular complexity index is 913. The maximum atomic E-state index is 13.8. The molecule has 0 spiro atoms. The second-order valence-electron chi connectivity index (χ2n) is 4.78. The maximum Gasteiger partial charge on any atom is 0.299 e. The molecule has 2 heterocycles. The van der Waals surface area contributed by atoms with Crippen LogP contribution < -0.4 is 10.7 Å². The third kappa shape index (κ3) is 2.85. The minimum atomic E-state index is -4.09. The molecule has 9 heteroatoms. The van der Waals surface area contributed by atoms with E-state index in [9.17, 15) is 17.6 Å². The summed E-state index contributed by atoms with van der Waals surface area (Å²) in [5.74, 6) is -0.694. The van der Waals surface area contributed by atoms with E-state index in [2.05, 4.69) is 11.6 Å². The van der Waals surface area contributed by atoms with Gasteiger partial charge in [0.1, 0.15) is 11.5 Å². The molecule has 0 bridgehead atoms. The molecule has 0 amide bonds. The first-order valence-corrected chi connectivity index (χ1v) is 7.78. The summed E-state index contributed by atoms with van der Waals surface area (Å²) in [6.45, 7) is 6.51. The highest BCUT2D eigenvalue weighted by molar-refractivity contribution is 7.86. The minimum absolute atomic E-state index is 0. The number of hydrogen-bond acceptors (Lipinski definition) is 4. The fourth-order valence-electron chi connectivity index (χ4n) is 2.23. The molecule has 0 saturated heterocycles. The smallest absolute Gasteiger partial charge is 0.269 e. The van der Waals surface area contributed by atoms with Gasteiger partial charge in [0, 0.05) is 31.1 Å². The third-order valence-corrected chi connectivity index (χ3v) is 4.24. The summed E-state index contributed by atoms with van der Waals surface area (Å²) in [6, 6.07) is 1.49. The molecule has 7 nitrogen and oxygen atoms in total. The molecule has 2 aromatic rings. The van der Waals surface area contributed by atoms with Gasteiger partial charge in [-0.2, -0.15) is 8.42 Å². The van der Waals surface area contributed by atoms with Crippen LogP contribution in [0.1, 0.15) is 25.6 Å². The van der Waals surface area contributed by atoms with Gasteiger partial charge in [-0.15, -0.1) is 0 Å². The first kappa shape index (κ1) is 16.1. The fraction of sp³-hybridized carbons (Fsp3) is 0.231. The zero-order chi connectivity index (χ0) is 16.7. The van der Waals surface area contributed by atoms with Crippen molar-refractivity contribution in [2.24, 2.45) is 5.14 Å². The summed E-state index contributed by atoms with van der Waals surface area (Å²) < 4.78 is 38.8. The Labute approximate surface area is 128 Å². The Balaban J connectivity index is 0.00000264. The number of halogens is 1. The van der Waals surface area contributed by atoms with Gasteiger partial charge in [-0.3, -0.25) is 13.5 Å². The van der Waals surface area contributed by atoms with Crippen LogP contribution in [0.4, 0.5) is 4.39 Å². The van der Waals surface area contributed by atoms with Crippen LogP contribution in [0.2, 0.25) is 0 Å². The number of aromatic nitrogens is 2. The van der Waals surface area contributed by atoms with Crippen LogP contribution in [0.5, 0.6) is 0 Å². The van der Waals surface area contributed by atoms with Crippen molar-refractivity contribution in [3.63, 3.8) is 0 Å². The third-order valence-electron chi connectivity index (χ3n) is 3.19. The van der Waals surface area contributed by atoms with Crippen molar-refractivity contribution in [1.29, 1.82) is 0 Å². The van der Waals surface area contributed by atoms with Crippen molar-refractivity contribution in [1.82, 2.24) is 13.7 Å². The van der Waals surface area contributed by atoms with Gasteiger partial charge in [0.25, 0.3) is 15.8 Å². The lowest BCUT2D eigenvalue weighted by Crippen LogP contribution is -2.35. The highest BCUT2D eigenvalue weighted by Crippen LogP contribution is 2.25. The normalized spacial score (nSPS) is 13.1. The molecule has 2 N–H and O–H groups in total. The first-order valence-electron chi connectivity index (χ1n) is 6.28. The van der Waals surface area contributed by atoms with Crippen molar-refractivity contribution in [2.75, 3.05) is 0 Å². The largest absolute Gasteiger partial charge is 0.299 e. The van der Waals surface area contributed by atoms with Crippen LogP contribution >= 0.6 is 0 Å². The Morgan fingerprint density at radius 2 is 2.18 bits per heavy atom. The SMILES string of the molecule is C=CN(C(C)c1cc(F)cn2c(=O)cc(C)nc12)S(N)(=O)=O.[HH]. The molecule has 0 aromatic carbocycles. The Morgan fingerprint density at radius 1 is 1.55 bits per heavy atom. The average molecular weight is 328 g/mol. The summed E-state index contributed by atoms with van der Waals surface area (Å²) in [4.78, 5) is 16.1. The van der Waals surface area contributed by atoms with Crippen molar-refractivity contribution >= 4 is 15.9 Å². The summed E-state index contributed by atoms with van der Waals surface area (Å²) in [7, 11) is -4.09. The number of rotatable bonds is 4. The maximum absolute atomic E-state index is 13.8. The van der Waals surface area contributed by atoms with Crippen LogP contribution in [-0.4, -0.2) is 22.1 Å². The molecular weight excluding hydrogens is 311 g/mol. The van der Waals surface area contributed by atoms with Crippen LogP contribution in [-0.2, 0) is 10.2 Å². The zero-order valence-electron chi connectivity index (χ0n) is 12.0. The molecule has 0 saturated carbocycles. The molecule has 0 aliphatic rings. The molecule has 0 fully saturated rings. The van der Waals surface area contributed by atoms with Crippen molar-refractivity contribution in [3.05, 3.63) is 58.5 Å². The highest BCUT2D eigenvalue weighted by atomic mass is 32.2. The quantitative estimate of drug-likeness (QED) is 0.908. The van der Waals surface area contributed by atoms with E-state index >= 15 is 0 Å². The number of nitrogens with zero attached hydrogens (tertiary/aromatic N) is 3. The predicted molar refractivity (Wildman–Crippen MR) is 81.8 cm³/mol. The first-order chi connectivity index (χ1) is 10.1. The van der Waals surface area contributed by atoms with Crippen LogP contribution in [0.25, 0.3) is 5.65 Å². The van der Waals surface area contributed by atoms with E-state index < -0.39 is 27.6 Å². The molecule has 1 atom stereocenters. The van der Waals surface area contributed by atoms with Crippen LogP contribution in [0.15, 0.2) is 35.9 Å². The lowest BCUT2D eigenvalue weighted by atomic mass is 10.1. The number of fused-ring (bicyclic) bond motifs is 1. The van der Waals surface area contributed by atoms with Crippen molar-refractivity contribution in [2.45, 2.75) is 19.9 Å². The van der Waals surface area contributed by atoms with Crippen LogP contribution in [0, 0.1) is 12.7 Å². The summed E-state index contributed by atoms with van der Waals surface area (Å²) >= 11 is 0. The zero-order valence-corrected chi connectivity index (χ0v) is 12.8. The second kappa shape index (κ2) is 5.50. The van der Waals surface area contributed by atoms with E-state index in [1.807, 2.05) is 0 Å². The van der Waals surface area contributed by atoms with Gasteiger partial charge < -0.3 is 0 Å². The fourth-order valence-corrected chi connectivity index (χ4v) is 3.00. The van der Waals surface area contributed by atoms with Gasteiger partial charge in [-0.25, -0.2) is 14.5 Å². The monoisotopic (exact) mass is 328 g/mol. The summed E-state index contributed by atoms with van der Waals surface area (Å²) in [6.07, 6.45) is 2.02. The summed E-state index contributed by atoms with van der Waals surface area (Å²) in [5.41, 5.74) is 0.339. The van der Waals surface area contributed by atoms with Gasteiger partial charge in [-0.1, -0.05) is 6.58 Å². The molecule has 2 rings (SSSR count). The molecule has 1 unspecified atom stereocenters. The molecule has 120 valence electrons. The molecule has 22 heavy (non-hydrogen) atoms. The van der Waals surface area contributed by atoms with E-state index in [4.69, 9.17) is 5.14 Å². The number of nitrogens with two attached hydrogens (primary N) is 1. The van der Waals surface area contributed by atoms with Crippen LogP contribution in [0.3, 0.4) is 0 Å². The summed E-state index contributed by atoms with van der Waals surface area (Å²) in [5, 5.41) is 5.11. The molecule has 0 aliphatic heterocycles. The Hall–Kier alpha value is -2.26. The Morgan fingerprint density at radius 3 is 2.73 bits per heavy atom. The van der Waals surface area contributed by atoms with Gasteiger partial charge in [0.2, 0.25) is 0 Å². The van der Waals surface area contributed by atoms with Crippen molar-refractivity contribution < 1.29 is 14.2 Å². The number of pyridine rings is 1. The Kier molecular flexibility index (Phi) is 4.03. The lowest BCUT2D eigenvalue weighted by Gasteiger charge is -2.25. The van der Waals surface area contributed by atoms with Crippen molar-refractivity contribution in [3.8, 4) is 0 Å². The standard InChI is InChI=1S/C13H15FN4O3S.H2/c1-4-18(22(15,20)21)9(3)11-6-10(14)7-17-12(19)5-8(2)16-13(11)17;/h4-7,9H,1H2,2-3H3,(H2,15,20,21);1H. The van der Waals surface area contributed by atoms with E-state index in [1.165, 1.54) is 13.0 Å². The van der Waals surface area contributed by atoms with E-state index in [0.717, 1.165) is 27.2 Å². The lowest BCUT2D eigenvalue weighted by molar-refractivity contribution is 0.431. The second-order valence-corrected chi connectivity index (χ2v) is 6.23. The van der Waals surface area contributed by atoms with Gasteiger partial charge in [0.05, 0.1) is 6.04 Å². The molecule has 0 radical (unpaired) electrons. The number of aryl methyl sites for hydroxylation is 1. The van der Waals surface area contributed by atoms with E-state index in [1.54, 1.807) is 6.92 Å². The molecule has 2 aromatic heterocycles. The molecule has 0 aliphatic carbocycles. The molecular formula is C13H17FN4O3S. The highest BCUT2D eigenvalue weighted by Gasteiger charge is 2.24.